The second-order valence-electron chi connectivity index (χ2n) is 3.43. The molecule has 0 saturated heterocycles. The van der Waals surface area contributed by atoms with E-state index >= 15 is 0 Å². The first-order valence-electron chi connectivity index (χ1n) is 4.65. The average molecular weight is 224 g/mol. The van der Waals surface area contributed by atoms with Gasteiger partial charge in [-0.1, -0.05) is 30.3 Å². The van der Waals surface area contributed by atoms with Crippen LogP contribution in [0.5, 0.6) is 0 Å². The summed E-state index contributed by atoms with van der Waals surface area (Å²) in [5, 5.41) is 0.604. The van der Waals surface area contributed by atoms with E-state index in [1.807, 2.05) is 6.07 Å². The van der Waals surface area contributed by atoms with Gasteiger partial charge in [0.25, 0.3) is 0 Å². The van der Waals surface area contributed by atoms with Crippen LogP contribution in [0.2, 0.25) is 0 Å². The van der Waals surface area contributed by atoms with E-state index in [-0.39, 0.29) is 18.1 Å². The fourth-order valence-corrected chi connectivity index (χ4v) is 3.64. The Bertz CT molecular complexity index is 398. The molecule has 0 spiro atoms. The Balaban J connectivity index is 3.06. The van der Waals surface area contributed by atoms with Crippen LogP contribution in [-0.4, -0.2) is 24.4 Å². The van der Waals surface area contributed by atoms with Gasteiger partial charge in [0.1, 0.15) is 19.2 Å². The van der Waals surface area contributed by atoms with E-state index in [2.05, 4.69) is 0 Å². The zero-order valence-electron chi connectivity index (χ0n) is 8.55. The summed E-state index contributed by atoms with van der Waals surface area (Å²) in [4.78, 5) is 21.5. The molecule has 4 heteroatoms. The molecule has 0 aliphatic carbocycles. The number of carbonyl (C=O) groups is 2. The highest BCUT2D eigenvalue weighted by atomic mass is 31.2. The Morgan fingerprint density at radius 2 is 1.93 bits per heavy atom. The number of rotatable bonds is 5. The first-order chi connectivity index (χ1) is 7.08. The lowest BCUT2D eigenvalue weighted by Crippen LogP contribution is -2.15. The number of ketones is 1. The Morgan fingerprint density at radius 1 is 1.33 bits per heavy atom. The molecule has 0 saturated carbocycles. The Kier molecular flexibility index (Phi) is 3.98. The zero-order chi connectivity index (χ0) is 11.3. The van der Waals surface area contributed by atoms with Crippen molar-refractivity contribution in [3.8, 4) is 0 Å². The quantitative estimate of drug-likeness (QED) is 0.562. The molecule has 3 nitrogen and oxygen atoms in total. The van der Waals surface area contributed by atoms with Gasteiger partial charge in [0.15, 0.2) is 0 Å². The molecule has 15 heavy (non-hydrogen) atoms. The zero-order valence-corrected chi connectivity index (χ0v) is 9.44. The molecule has 0 amide bonds. The topological polar surface area (TPSA) is 51.2 Å². The number of hydrogen-bond donors (Lipinski definition) is 0. The first-order valence-corrected chi connectivity index (χ1v) is 6.73. The molecule has 0 bridgehead atoms. The van der Waals surface area contributed by atoms with E-state index < -0.39 is 7.14 Å². The van der Waals surface area contributed by atoms with Crippen LogP contribution < -0.4 is 5.30 Å². The Hall–Kier alpha value is -1.21. The van der Waals surface area contributed by atoms with Crippen LogP contribution in [0.4, 0.5) is 0 Å². The van der Waals surface area contributed by atoms with Crippen molar-refractivity contribution in [2.24, 2.45) is 0 Å². The Morgan fingerprint density at radius 3 is 2.40 bits per heavy atom. The van der Waals surface area contributed by atoms with Gasteiger partial charge < -0.3 is 9.36 Å². The molecule has 1 aromatic rings. The molecule has 0 radical (unpaired) electrons. The minimum absolute atomic E-state index is 0.0320. The molecule has 0 aliphatic rings. The van der Waals surface area contributed by atoms with Crippen LogP contribution in [0.25, 0.3) is 0 Å². The van der Waals surface area contributed by atoms with Gasteiger partial charge in [-0.15, -0.1) is 0 Å². The van der Waals surface area contributed by atoms with Gasteiger partial charge in [0.05, 0.1) is 12.3 Å². The average Bonchev–Trinajstić information content (AvgIpc) is 2.18. The minimum atomic E-state index is -2.85. The van der Waals surface area contributed by atoms with Crippen molar-refractivity contribution in [2.45, 2.75) is 6.92 Å². The fourth-order valence-electron chi connectivity index (χ4n) is 1.44. The van der Waals surface area contributed by atoms with Gasteiger partial charge in [0, 0.05) is 5.30 Å². The molecule has 1 rings (SSSR count). The lowest BCUT2D eigenvalue weighted by molar-refractivity contribution is -0.114. The molecule has 1 unspecified atom stereocenters. The van der Waals surface area contributed by atoms with Gasteiger partial charge in [-0.3, -0.25) is 4.79 Å². The third-order valence-corrected chi connectivity index (χ3v) is 5.01. The van der Waals surface area contributed by atoms with E-state index in [0.717, 1.165) is 0 Å². The third kappa shape index (κ3) is 3.14. The second kappa shape index (κ2) is 5.04. The maximum Gasteiger partial charge on any atom is 0.137 e. The van der Waals surface area contributed by atoms with Crippen molar-refractivity contribution < 1.29 is 14.2 Å². The fraction of sp³-hybridized carbons (Fsp3) is 0.273. The number of Topliss-reactive ketones (excluding diaryl/α,β-unsaturated/α-hetero) is 1. The van der Waals surface area contributed by atoms with Crippen molar-refractivity contribution in [3.63, 3.8) is 0 Å². The molecular formula is C11H13O3P. The van der Waals surface area contributed by atoms with E-state index in [4.69, 9.17) is 0 Å². The highest BCUT2D eigenvalue weighted by molar-refractivity contribution is 7.73. The van der Waals surface area contributed by atoms with Gasteiger partial charge in [-0.05, 0) is 6.92 Å². The van der Waals surface area contributed by atoms with Crippen LogP contribution in [0.15, 0.2) is 30.3 Å². The maximum absolute atomic E-state index is 12.4. The lowest BCUT2D eigenvalue weighted by Gasteiger charge is -2.13. The maximum atomic E-state index is 12.4. The third-order valence-electron chi connectivity index (χ3n) is 2.07. The smallest absolute Gasteiger partial charge is 0.137 e. The van der Waals surface area contributed by atoms with Gasteiger partial charge in [-0.2, -0.15) is 0 Å². The number of aldehydes is 1. The second-order valence-corrected chi connectivity index (χ2v) is 6.41. The highest BCUT2D eigenvalue weighted by Gasteiger charge is 2.25. The molecule has 0 fully saturated rings. The van der Waals surface area contributed by atoms with E-state index in [1.54, 1.807) is 24.3 Å². The van der Waals surface area contributed by atoms with Crippen molar-refractivity contribution in [1.29, 1.82) is 0 Å². The van der Waals surface area contributed by atoms with Crippen LogP contribution in [0.1, 0.15) is 6.92 Å². The number of hydrogen-bond acceptors (Lipinski definition) is 3. The monoisotopic (exact) mass is 224 g/mol. The first kappa shape index (κ1) is 11.9. The van der Waals surface area contributed by atoms with E-state index in [0.29, 0.717) is 11.6 Å². The summed E-state index contributed by atoms with van der Waals surface area (Å²) in [6.45, 7) is 1.39. The minimum Gasteiger partial charge on any atom is -0.318 e. The van der Waals surface area contributed by atoms with Crippen molar-refractivity contribution in [3.05, 3.63) is 30.3 Å². The van der Waals surface area contributed by atoms with Crippen molar-refractivity contribution in [2.75, 3.05) is 12.3 Å². The summed E-state index contributed by atoms with van der Waals surface area (Å²) in [7, 11) is -2.85. The summed E-state index contributed by atoms with van der Waals surface area (Å²) in [5.74, 6) is -0.149. The summed E-state index contributed by atoms with van der Waals surface area (Å²) in [6, 6.07) is 8.72. The lowest BCUT2D eigenvalue weighted by atomic mass is 10.4. The predicted octanol–water partition coefficient (Wildman–Crippen LogP) is 1.46. The standard InChI is InChI=1S/C11H13O3P/c1-10(13)9-15(14,8-7-12)11-5-3-2-4-6-11/h2-7H,8-9H2,1H3. The van der Waals surface area contributed by atoms with E-state index in [9.17, 15) is 14.2 Å². The summed E-state index contributed by atoms with van der Waals surface area (Å²) in [6.07, 6.45) is 0.531. The van der Waals surface area contributed by atoms with Crippen molar-refractivity contribution >= 4 is 24.5 Å². The summed E-state index contributed by atoms with van der Waals surface area (Å²) in [5.41, 5.74) is 0. The number of benzene rings is 1. The van der Waals surface area contributed by atoms with Gasteiger partial charge in [-0.25, -0.2) is 0 Å². The van der Waals surface area contributed by atoms with E-state index in [1.165, 1.54) is 6.92 Å². The molecule has 0 aromatic heterocycles. The van der Waals surface area contributed by atoms with Crippen LogP contribution in [0, 0.1) is 0 Å². The molecule has 0 N–H and O–H groups in total. The molecule has 1 atom stereocenters. The van der Waals surface area contributed by atoms with Crippen molar-refractivity contribution in [1.82, 2.24) is 0 Å². The van der Waals surface area contributed by atoms with Crippen LogP contribution in [-0.2, 0) is 14.2 Å². The largest absolute Gasteiger partial charge is 0.318 e. The number of carbonyl (C=O) groups excluding carboxylic acids is 2. The SMILES string of the molecule is CC(=O)CP(=O)(CC=O)c1ccccc1. The van der Waals surface area contributed by atoms with Crippen LogP contribution in [0.3, 0.4) is 0 Å². The van der Waals surface area contributed by atoms with Gasteiger partial charge >= 0.3 is 0 Å². The van der Waals surface area contributed by atoms with Gasteiger partial charge in [0.2, 0.25) is 0 Å². The molecule has 0 heterocycles. The summed E-state index contributed by atoms with van der Waals surface area (Å²) < 4.78 is 12.4. The van der Waals surface area contributed by atoms with Crippen LogP contribution >= 0.6 is 7.14 Å². The molecule has 1 aromatic carbocycles. The highest BCUT2D eigenvalue weighted by Crippen LogP contribution is 2.42. The predicted molar refractivity (Wildman–Crippen MR) is 60.2 cm³/mol. The molecule has 80 valence electrons. The molecular weight excluding hydrogens is 211 g/mol. The summed E-state index contributed by atoms with van der Waals surface area (Å²) >= 11 is 0. The molecule has 0 aliphatic heterocycles. The Labute approximate surface area is 88.9 Å². The normalized spacial score (nSPS) is 14.2.